The van der Waals surface area contributed by atoms with Gasteiger partial charge in [0.05, 0.1) is 6.61 Å². The third kappa shape index (κ3) is 57.4. The topological polar surface area (TPSA) is 72.8 Å². The number of carbonyl (C=O) groups excluding carboxylic acids is 2. The van der Waals surface area contributed by atoms with E-state index < -0.39 is 6.10 Å². The lowest BCUT2D eigenvalue weighted by Gasteiger charge is -2.15. The first-order valence-corrected chi connectivity index (χ1v) is 31.1. The highest BCUT2D eigenvalue weighted by molar-refractivity contribution is 5.70. The van der Waals surface area contributed by atoms with Crippen LogP contribution in [0.1, 0.15) is 367 Å². The Kier molecular flexibility index (Phi) is 58.2. The van der Waals surface area contributed by atoms with Crippen LogP contribution in [-0.2, 0) is 19.1 Å². The van der Waals surface area contributed by atoms with Gasteiger partial charge in [0.2, 0.25) is 0 Å². The molecule has 0 rings (SSSR count). The molecular formula is C62H122O5. The summed E-state index contributed by atoms with van der Waals surface area (Å²) in [4.78, 5) is 24.6. The number of aliphatic hydroxyl groups excluding tert-OH is 1. The number of esters is 2. The van der Waals surface area contributed by atoms with Gasteiger partial charge in [0.1, 0.15) is 6.61 Å². The van der Waals surface area contributed by atoms with E-state index in [4.69, 9.17) is 9.47 Å². The first kappa shape index (κ1) is 65.9. The monoisotopic (exact) mass is 947 g/mol. The van der Waals surface area contributed by atoms with Crippen molar-refractivity contribution in [3.63, 3.8) is 0 Å². The Hall–Kier alpha value is -1.10. The maximum atomic E-state index is 12.3. The fraction of sp³-hybridized carbons (Fsp3) is 0.968. The van der Waals surface area contributed by atoms with E-state index in [0.717, 1.165) is 32.1 Å². The van der Waals surface area contributed by atoms with Crippen LogP contribution < -0.4 is 0 Å². The number of unbranched alkanes of at least 4 members (excludes halogenated alkanes) is 51. The maximum absolute atomic E-state index is 12.3. The van der Waals surface area contributed by atoms with Crippen LogP contribution in [-0.4, -0.2) is 36.4 Å². The van der Waals surface area contributed by atoms with Crippen molar-refractivity contribution in [2.24, 2.45) is 0 Å². The van der Waals surface area contributed by atoms with E-state index in [2.05, 4.69) is 13.8 Å². The predicted octanol–water partition coefficient (Wildman–Crippen LogP) is 20.9. The molecule has 0 bridgehead atoms. The van der Waals surface area contributed by atoms with E-state index in [0.29, 0.717) is 12.8 Å². The molecule has 0 aliphatic carbocycles. The average Bonchev–Trinajstić information content (AvgIpc) is 3.33. The van der Waals surface area contributed by atoms with Crippen molar-refractivity contribution in [3.8, 4) is 0 Å². The minimum Gasteiger partial charge on any atom is -0.462 e. The van der Waals surface area contributed by atoms with Gasteiger partial charge in [0.25, 0.3) is 0 Å². The molecule has 5 nitrogen and oxygen atoms in total. The summed E-state index contributed by atoms with van der Waals surface area (Å²) in [6, 6.07) is 0. The van der Waals surface area contributed by atoms with E-state index in [1.54, 1.807) is 0 Å². The Morgan fingerprint density at radius 1 is 0.284 bits per heavy atom. The van der Waals surface area contributed by atoms with Crippen LogP contribution in [0.3, 0.4) is 0 Å². The molecule has 0 aromatic rings. The highest BCUT2D eigenvalue weighted by atomic mass is 16.6. The second-order valence-corrected chi connectivity index (χ2v) is 21.5. The summed E-state index contributed by atoms with van der Waals surface area (Å²) >= 11 is 0. The van der Waals surface area contributed by atoms with Crippen LogP contribution in [0, 0.1) is 0 Å². The molecule has 0 aromatic carbocycles. The van der Waals surface area contributed by atoms with Crippen molar-refractivity contribution < 1.29 is 24.2 Å². The van der Waals surface area contributed by atoms with Gasteiger partial charge in [0.15, 0.2) is 6.10 Å². The average molecular weight is 948 g/mol. The minimum atomic E-state index is -0.764. The van der Waals surface area contributed by atoms with Gasteiger partial charge in [-0.05, 0) is 12.8 Å². The molecule has 0 saturated heterocycles. The molecule has 0 heterocycles. The highest BCUT2D eigenvalue weighted by Crippen LogP contribution is 2.19. The van der Waals surface area contributed by atoms with Crippen molar-refractivity contribution in [1.82, 2.24) is 0 Å². The zero-order valence-corrected chi connectivity index (χ0v) is 46.0. The van der Waals surface area contributed by atoms with Crippen LogP contribution in [0.15, 0.2) is 0 Å². The summed E-state index contributed by atoms with van der Waals surface area (Å²) in [6.45, 7) is 4.22. The number of carbonyl (C=O) groups is 2. The van der Waals surface area contributed by atoms with E-state index in [-0.39, 0.29) is 25.2 Å². The largest absolute Gasteiger partial charge is 0.462 e. The summed E-state index contributed by atoms with van der Waals surface area (Å²) in [5.74, 6) is -0.561. The third-order valence-corrected chi connectivity index (χ3v) is 14.7. The molecule has 1 unspecified atom stereocenters. The van der Waals surface area contributed by atoms with Gasteiger partial charge in [-0.2, -0.15) is 0 Å². The van der Waals surface area contributed by atoms with Gasteiger partial charge in [0, 0.05) is 12.8 Å². The lowest BCUT2D eigenvalue weighted by Crippen LogP contribution is -2.28. The number of ether oxygens (including phenoxy) is 2. The smallest absolute Gasteiger partial charge is 0.306 e. The quantitative estimate of drug-likeness (QED) is 0.0486. The molecule has 1 atom stereocenters. The van der Waals surface area contributed by atoms with Crippen LogP contribution in [0.5, 0.6) is 0 Å². The number of rotatable bonds is 59. The van der Waals surface area contributed by atoms with Gasteiger partial charge in [-0.3, -0.25) is 9.59 Å². The molecule has 0 aliphatic heterocycles. The summed E-state index contributed by atoms with van der Waals surface area (Å²) in [5.41, 5.74) is 0. The zero-order valence-electron chi connectivity index (χ0n) is 46.0. The van der Waals surface area contributed by atoms with E-state index >= 15 is 0 Å². The normalized spacial score (nSPS) is 12.0. The molecule has 1 N–H and O–H groups in total. The lowest BCUT2D eigenvalue weighted by molar-refractivity contribution is -0.161. The van der Waals surface area contributed by atoms with Crippen LogP contribution >= 0.6 is 0 Å². The maximum Gasteiger partial charge on any atom is 0.306 e. The summed E-state index contributed by atoms with van der Waals surface area (Å²) in [7, 11) is 0. The Balaban J connectivity index is 3.37. The molecule has 0 spiro atoms. The van der Waals surface area contributed by atoms with Crippen molar-refractivity contribution in [2.75, 3.05) is 13.2 Å². The summed E-state index contributed by atoms with van der Waals surface area (Å²) in [6.07, 6.45) is 72.5. The van der Waals surface area contributed by atoms with E-state index in [1.165, 1.54) is 308 Å². The number of aliphatic hydroxyl groups is 1. The molecular weight excluding hydrogens is 825 g/mol. The highest BCUT2D eigenvalue weighted by Gasteiger charge is 2.16. The van der Waals surface area contributed by atoms with Crippen molar-refractivity contribution in [2.45, 2.75) is 373 Å². The van der Waals surface area contributed by atoms with Gasteiger partial charge in [-0.15, -0.1) is 0 Å². The Morgan fingerprint density at radius 2 is 0.463 bits per heavy atom. The second kappa shape index (κ2) is 59.2. The van der Waals surface area contributed by atoms with Gasteiger partial charge < -0.3 is 14.6 Å². The fourth-order valence-electron chi connectivity index (χ4n) is 9.97. The minimum absolute atomic E-state index is 0.0555. The SMILES string of the molecule is CCCCCCCCCCCCCCCCCCCCCCCCCCCCCCCCCC(=O)OC(CO)COC(=O)CCCCCCCCCCCCCCCCCCCCCCCC. The first-order chi connectivity index (χ1) is 33.1. The first-order valence-electron chi connectivity index (χ1n) is 31.1. The molecule has 0 aromatic heterocycles. The Morgan fingerprint density at radius 3 is 0.657 bits per heavy atom. The van der Waals surface area contributed by atoms with Crippen LogP contribution in [0.25, 0.3) is 0 Å². The Labute approximate surface area is 420 Å². The summed E-state index contributed by atoms with van der Waals surface area (Å²) < 4.78 is 10.7. The fourth-order valence-corrected chi connectivity index (χ4v) is 9.97. The van der Waals surface area contributed by atoms with Gasteiger partial charge >= 0.3 is 11.9 Å². The van der Waals surface area contributed by atoms with Crippen molar-refractivity contribution >= 4 is 11.9 Å². The van der Waals surface area contributed by atoms with Crippen LogP contribution in [0.2, 0.25) is 0 Å². The van der Waals surface area contributed by atoms with Gasteiger partial charge in [-0.1, -0.05) is 341 Å². The number of hydrogen-bond donors (Lipinski definition) is 1. The molecule has 0 aliphatic rings. The van der Waals surface area contributed by atoms with E-state index in [9.17, 15) is 14.7 Å². The molecule has 67 heavy (non-hydrogen) atoms. The predicted molar refractivity (Wildman–Crippen MR) is 293 cm³/mol. The third-order valence-electron chi connectivity index (χ3n) is 14.7. The van der Waals surface area contributed by atoms with Crippen molar-refractivity contribution in [1.29, 1.82) is 0 Å². The molecule has 0 radical (unpaired) electrons. The van der Waals surface area contributed by atoms with Crippen LogP contribution in [0.4, 0.5) is 0 Å². The Bertz CT molecular complexity index is 937. The lowest BCUT2D eigenvalue weighted by atomic mass is 10.0. The molecule has 400 valence electrons. The van der Waals surface area contributed by atoms with E-state index in [1.807, 2.05) is 0 Å². The molecule has 0 saturated carbocycles. The molecule has 0 fully saturated rings. The van der Waals surface area contributed by atoms with Gasteiger partial charge in [-0.25, -0.2) is 0 Å². The zero-order chi connectivity index (χ0) is 48.5. The molecule has 0 amide bonds. The standard InChI is InChI=1S/C62H122O5/c1-3-5-7-9-11-13-15-17-19-21-23-25-27-28-29-30-31-32-33-34-35-37-39-41-43-45-47-49-51-53-55-57-62(65)67-60(58-63)59-66-61(64)56-54-52-50-48-46-44-42-40-38-36-26-24-22-20-18-16-14-12-10-8-6-4-2/h60,63H,3-59H2,1-2H3. The second-order valence-electron chi connectivity index (χ2n) is 21.5. The number of hydrogen-bond acceptors (Lipinski definition) is 5. The molecule has 5 heteroatoms. The van der Waals surface area contributed by atoms with Crippen molar-refractivity contribution in [3.05, 3.63) is 0 Å². The summed E-state index contributed by atoms with van der Waals surface area (Å²) in [5, 5.41) is 9.67.